The molecule has 2 aliphatic heterocycles. The van der Waals surface area contributed by atoms with Gasteiger partial charge in [0.1, 0.15) is 11.5 Å². The maximum Gasteiger partial charge on any atom is 0.255 e. The Kier molecular flexibility index (Phi) is 27.5. The van der Waals surface area contributed by atoms with E-state index in [1.165, 1.54) is 33.4 Å². The summed E-state index contributed by atoms with van der Waals surface area (Å²) in [5.41, 5.74) is 28.5. The van der Waals surface area contributed by atoms with Gasteiger partial charge < -0.3 is 40.7 Å². The van der Waals surface area contributed by atoms with Gasteiger partial charge in [-0.15, -0.1) is 0 Å². The van der Waals surface area contributed by atoms with Crippen LogP contribution in [0.4, 0.5) is 11.4 Å². The predicted octanol–water partition coefficient (Wildman–Crippen LogP) is 27.9. The summed E-state index contributed by atoms with van der Waals surface area (Å²) < 4.78 is 13.3. The standard InChI is InChI=1S/C119H127N13O5/c1-73(2)71-126-112(134)89-42-40-86(70-105(89)136-58-30-56-124-113(135)90-32-29-31-88(76-65-103(92-34-22-25-54-122-92)132-104(66-76)93-35-23-26-55-123-93)110(90)137-57-28-27-52-120-87-41-43-94(125-72-87)91-33-21-24-53-121-91)127-111(133)75-38-36-74(37-39-75)106-95-44-46-97(128-95)107(77-59-80(114(3,4)5)67-81(60-77)115(6,7)8)99-48-50-101(130-99)109(79-63-84(118(15,16)17)69-85(64-79)119(18,19)20)102-51-49-100(131-102)108(98-47-45-96(106)129-98)78-61-82(116(9,10)11)68-83(62-78)117(12,13)14/h21-26,29,31-51,53-55,59-70,72-73,120,128,131H,27-28,30,52,56-58,71H2,1-20H3,(H,124,135)(H,126,134)(H,127,133). The number of H-pyrrole nitrogens is 2. The van der Waals surface area contributed by atoms with Gasteiger partial charge in [0.05, 0.1) is 93.2 Å². The molecule has 0 saturated heterocycles. The Morgan fingerprint density at radius 1 is 0.343 bits per heavy atom. The van der Waals surface area contributed by atoms with E-state index in [1.54, 1.807) is 42.9 Å². The minimum absolute atomic E-state index is 0.101. The molecule has 18 heteroatoms. The fourth-order valence-electron chi connectivity index (χ4n) is 17.1. The zero-order chi connectivity index (χ0) is 97.0. The SMILES string of the molecule is CC(C)CNC(=O)c1ccc(NC(=O)c2ccc(-c3c4nc(c(-c5cc(C(C)(C)C)cc(C(C)(C)C)c5)c5ccc([nH]5)c(-c5cc(C(C)(C)C)cc(C(C)(C)C)c5)c5nc(c(-c6cc(C(C)(C)C)cc(C(C)(C)C)c6)c6ccc3[nH]6)C=C5)C=C4)cc2)cc1OCCCNC(=O)c1cccc(-c2cc(-c3ccccn3)nc(-c3ccccn3)c2)c1OCCCCNc1ccc(-c2ccccn2)nc1. The third-order valence-corrected chi connectivity index (χ3v) is 25.2. The first-order valence-electron chi connectivity index (χ1n) is 47.9. The van der Waals surface area contributed by atoms with E-state index < -0.39 is 0 Å². The van der Waals surface area contributed by atoms with Crippen LogP contribution in [0.1, 0.15) is 245 Å². The molecule has 0 spiro atoms. The lowest BCUT2D eigenvalue weighted by Crippen LogP contribution is -2.28. The molecule has 3 amide bonds. The third-order valence-electron chi connectivity index (χ3n) is 25.2. The number of anilines is 2. The molecule has 0 saturated carbocycles. The molecule has 8 aromatic heterocycles. The van der Waals surface area contributed by atoms with E-state index in [9.17, 15) is 14.4 Å². The fraction of sp³-hybridized carbons (Fsp3) is 0.294. The Balaban J connectivity index is 0.730. The summed E-state index contributed by atoms with van der Waals surface area (Å²) >= 11 is 0. The van der Waals surface area contributed by atoms with Gasteiger partial charge in [-0.2, -0.15) is 0 Å². The predicted molar refractivity (Wildman–Crippen MR) is 564 cm³/mol. The number of aromatic nitrogens is 9. The van der Waals surface area contributed by atoms with Gasteiger partial charge in [-0.25, -0.2) is 15.0 Å². The largest absolute Gasteiger partial charge is 0.493 e. The lowest BCUT2D eigenvalue weighted by atomic mass is 9.78. The molecule has 0 aliphatic carbocycles. The number of carbonyl (C=O) groups excluding carboxylic acids is 3. The zero-order valence-electron chi connectivity index (χ0n) is 82.8. The second-order valence-corrected chi connectivity index (χ2v) is 42.6. The monoisotopic (exact) mass is 1820 g/mol. The van der Waals surface area contributed by atoms with Crippen molar-refractivity contribution in [2.75, 3.05) is 43.5 Å². The number of ether oxygens (including phenoxy) is 2. The molecule has 137 heavy (non-hydrogen) atoms. The van der Waals surface area contributed by atoms with Crippen molar-refractivity contribution >= 4 is 75.5 Å². The average Bonchev–Trinajstić information content (AvgIpc) is 1.60. The van der Waals surface area contributed by atoms with Crippen molar-refractivity contribution in [1.82, 2.24) is 55.5 Å². The van der Waals surface area contributed by atoms with Crippen molar-refractivity contribution in [1.29, 1.82) is 0 Å². The van der Waals surface area contributed by atoms with Crippen LogP contribution in [0.2, 0.25) is 0 Å². The van der Waals surface area contributed by atoms with Crippen LogP contribution in [0.3, 0.4) is 0 Å². The smallest absolute Gasteiger partial charge is 0.255 e. The van der Waals surface area contributed by atoms with Crippen LogP contribution in [0.25, 0.3) is 136 Å². The van der Waals surface area contributed by atoms with Crippen LogP contribution in [0, 0.1) is 5.92 Å². The van der Waals surface area contributed by atoms with Crippen molar-refractivity contribution in [3.05, 3.63) is 316 Å². The maximum atomic E-state index is 15.0. The first-order valence-corrected chi connectivity index (χ1v) is 47.9. The van der Waals surface area contributed by atoms with E-state index in [2.05, 4.69) is 279 Å². The summed E-state index contributed by atoms with van der Waals surface area (Å²) in [7, 11) is 0. The summed E-state index contributed by atoms with van der Waals surface area (Å²) in [5.74, 6) is -0.222. The highest BCUT2D eigenvalue weighted by molar-refractivity contribution is 6.07. The van der Waals surface area contributed by atoms with Crippen LogP contribution in [-0.4, -0.2) is 95.4 Å². The van der Waals surface area contributed by atoms with Gasteiger partial charge in [0.15, 0.2) is 0 Å². The van der Waals surface area contributed by atoms with Crippen LogP contribution in [-0.2, 0) is 32.5 Å². The summed E-state index contributed by atoms with van der Waals surface area (Å²) in [6.07, 6.45) is 17.5. The number of hydrogen-bond acceptors (Lipinski definition) is 13. The topological polar surface area (TPSA) is 240 Å². The number of nitrogens with one attached hydrogen (secondary N) is 6. The van der Waals surface area contributed by atoms with Gasteiger partial charge in [-0.05, 0) is 258 Å². The van der Waals surface area contributed by atoms with Gasteiger partial charge in [-0.1, -0.05) is 236 Å². The fourth-order valence-corrected chi connectivity index (χ4v) is 17.1. The van der Waals surface area contributed by atoms with Gasteiger partial charge in [0, 0.05) is 105 Å². The Bertz CT molecular complexity index is 6860. The number of carbonyl (C=O) groups is 3. The second kappa shape index (κ2) is 39.4. The highest BCUT2D eigenvalue weighted by Crippen LogP contribution is 2.46. The molecule has 2 aliphatic rings. The molecular formula is C119H127N13O5. The lowest BCUT2D eigenvalue weighted by Gasteiger charge is -2.26. The van der Waals surface area contributed by atoms with E-state index in [1.807, 2.05) is 135 Å². The highest BCUT2D eigenvalue weighted by Gasteiger charge is 2.31. The van der Waals surface area contributed by atoms with Crippen molar-refractivity contribution in [2.24, 2.45) is 5.92 Å². The Hall–Kier alpha value is -14.5. The molecule has 18 nitrogen and oxygen atoms in total. The third kappa shape index (κ3) is 22.4. The minimum Gasteiger partial charge on any atom is -0.493 e. The van der Waals surface area contributed by atoms with Gasteiger partial charge in [0.25, 0.3) is 17.7 Å². The quantitative estimate of drug-likeness (QED) is 0.0277. The lowest BCUT2D eigenvalue weighted by molar-refractivity contribution is 0.0941. The van der Waals surface area contributed by atoms with E-state index in [-0.39, 0.29) is 75.0 Å². The van der Waals surface area contributed by atoms with E-state index in [0.29, 0.717) is 89.0 Å². The first kappa shape index (κ1) is 95.6. The zero-order valence-corrected chi connectivity index (χ0v) is 82.8. The summed E-state index contributed by atoms with van der Waals surface area (Å²) in [6.45, 7) is 46.9. The number of hydrogen-bond donors (Lipinski definition) is 6. The van der Waals surface area contributed by atoms with E-state index in [4.69, 9.17) is 24.4 Å². The van der Waals surface area contributed by atoms with E-state index in [0.717, 1.165) is 118 Å². The summed E-state index contributed by atoms with van der Waals surface area (Å²) in [6, 6.07) is 73.4. The maximum absolute atomic E-state index is 15.0. The van der Waals surface area contributed by atoms with Gasteiger partial charge in [0.2, 0.25) is 0 Å². The van der Waals surface area contributed by atoms with Crippen LogP contribution in [0.5, 0.6) is 11.5 Å². The Morgan fingerprint density at radius 3 is 1.19 bits per heavy atom. The molecule has 14 aromatic rings. The van der Waals surface area contributed by atoms with Crippen LogP contribution < -0.4 is 30.7 Å². The van der Waals surface area contributed by atoms with E-state index >= 15 is 0 Å². The number of aromatic amines is 2. The number of pyridine rings is 5. The number of amides is 3. The van der Waals surface area contributed by atoms with Crippen LogP contribution in [0.15, 0.2) is 243 Å². The summed E-state index contributed by atoms with van der Waals surface area (Å²) in [5, 5.41) is 12.8. The van der Waals surface area contributed by atoms with Gasteiger partial charge in [-0.3, -0.25) is 34.3 Å². The molecular weight excluding hydrogens is 1690 g/mol. The Morgan fingerprint density at radius 2 is 0.766 bits per heavy atom. The number of para-hydroxylation sites is 1. The Labute approximate surface area is 806 Å². The van der Waals surface area contributed by atoms with Crippen molar-refractivity contribution < 1.29 is 23.9 Å². The molecule has 16 rings (SSSR count). The van der Waals surface area contributed by atoms with Crippen molar-refractivity contribution in [3.8, 4) is 101 Å². The molecule has 0 radical (unpaired) electrons. The molecule has 8 bridgehead atoms. The number of benzene rings is 6. The molecule has 10 heterocycles. The molecule has 0 atom stereocenters. The van der Waals surface area contributed by atoms with Crippen molar-refractivity contribution in [3.63, 3.8) is 0 Å². The minimum atomic E-state index is -0.379. The second-order valence-electron chi connectivity index (χ2n) is 42.6. The molecule has 0 unspecified atom stereocenters. The normalized spacial score (nSPS) is 12.4. The number of rotatable bonds is 26. The molecule has 0 fully saturated rings. The molecule has 698 valence electrons. The molecule has 6 aromatic carbocycles. The number of fused-ring (bicyclic) bond motifs is 8. The molecule has 6 N–H and O–H groups in total. The average molecular weight is 1820 g/mol. The number of unbranched alkanes of at least 4 members (excludes halogenated alkanes) is 1. The van der Waals surface area contributed by atoms with Gasteiger partial charge >= 0.3 is 0 Å². The summed E-state index contributed by atoms with van der Waals surface area (Å²) in [4.78, 5) is 87.3. The van der Waals surface area contributed by atoms with Crippen LogP contribution >= 0.6 is 0 Å². The first-order chi connectivity index (χ1) is 65.2. The van der Waals surface area contributed by atoms with Crippen molar-refractivity contribution in [2.45, 2.75) is 190 Å². The number of nitrogens with zero attached hydrogens (tertiary/aromatic N) is 7. The highest BCUT2D eigenvalue weighted by atomic mass is 16.5.